The van der Waals surface area contributed by atoms with Crippen LogP contribution in [-0.4, -0.2) is 41.2 Å². The topological polar surface area (TPSA) is 54.2 Å². The molecule has 1 aromatic heterocycles. The lowest BCUT2D eigenvalue weighted by Crippen LogP contribution is -2.36. The number of aromatic nitrogens is 2. The summed E-state index contributed by atoms with van der Waals surface area (Å²) in [4.78, 5) is 6.54. The summed E-state index contributed by atoms with van der Waals surface area (Å²) in [5.74, 6) is 1.61. The van der Waals surface area contributed by atoms with Gasteiger partial charge in [-0.05, 0) is 44.8 Å². The Morgan fingerprint density at radius 3 is 2.94 bits per heavy atom. The molecule has 1 N–H and O–H groups in total. The van der Waals surface area contributed by atoms with E-state index in [-0.39, 0.29) is 0 Å². The van der Waals surface area contributed by atoms with Gasteiger partial charge in [0, 0.05) is 6.54 Å². The van der Waals surface area contributed by atoms with E-state index in [1.165, 1.54) is 25.7 Å². The minimum atomic E-state index is 0.799. The summed E-state index contributed by atoms with van der Waals surface area (Å²) in [5, 5.41) is 7.30. The minimum Gasteiger partial charge on any atom is -0.343 e. The molecule has 1 aromatic rings. The fraction of sp³-hybridized carbons (Fsp3) is 0.833. The van der Waals surface area contributed by atoms with Crippen molar-refractivity contribution in [1.29, 1.82) is 0 Å². The number of hydrogen-bond donors (Lipinski definition) is 1. The third-order valence-electron chi connectivity index (χ3n) is 3.29. The molecule has 0 aromatic carbocycles. The standard InChI is InChI=1S/C12H22N4O/c1-2-7-16(9-12-14-10-17-15-12)8-11-3-5-13-6-4-11/h10-11,13H,2-9H2,1H3. The van der Waals surface area contributed by atoms with E-state index in [0.29, 0.717) is 0 Å². The molecule has 1 saturated heterocycles. The van der Waals surface area contributed by atoms with Crippen molar-refractivity contribution in [3.05, 3.63) is 12.2 Å². The first kappa shape index (κ1) is 12.5. The van der Waals surface area contributed by atoms with Crippen LogP contribution in [0.4, 0.5) is 0 Å². The predicted molar refractivity (Wildman–Crippen MR) is 65.5 cm³/mol. The second-order valence-electron chi connectivity index (χ2n) is 4.78. The van der Waals surface area contributed by atoms with Gasteiger partial charge in [0.05, 0.1) is 6.54 Å². The summed E-state index contributed by atoms with van der Waals surface area (Å²) >= 11 is 0. The molecule has 1 aliphatic rings. The molecule has 5 nitrogen and oxygen atoms in total. The number of nitrogens with zero attached hydrogens (tertiary/aromatic N) is 3. The van der Waals surface area contributed by atoms with Crippen LogP contribution in [0, 0.1) is 5.92 Å². The molecule has 2 rings (SSSR count). The maximum Gasteiger partial charge on any atom is 0.213 e. The zero-order chi connectivity index (χ0) is 11.9. The van der Waals surface area contributed by atoms with Gasteiger partial charge < -0.3 is 9.84 Å². The molecule has 1 aliphatic heterocycles. The molecular weight excluding hydrogens is 216 g/mol. The molecule has 0 bridgehead atoms. The van der Waals surface area contributed by atoms with Crippen molar-refractivity contribution in [2.24, 2.45) is 5.92 Å². The summed E-state index contributed by atoms with van der Waals surface area (Å²) in [6.45, 7) is 7.61. The maximum absolute atomic E-state index is 4.79. The predicted octanol–water partition coefficient (Wildman–Crippen LogP) is 1.28. The van der Waals surface area contributed by atoms with Crippen molar-refractivity contribution in [3.63, 3.8) is 0 Å². The van der Waals surface area contributed by atoms with Crippen LogP contribution in [0.5, 0.6) is 0 Å². The quantitative estimate of drug-likeness (QED) is 0.809. The van der Waals surface area contributed by atoms with Crippen LogP contribution in [0.3, 0.4) is 0 Å². The summed E-state index contributed by atoms with van der Waals surface area (Å²) in [6, 6.07) is 0. The first-order valence-electron chi connectivity index (χ1n) is 6.56. The van der Waals surface area contributed by atoms with Crippen LogP contribution >= 0.6 is 0 Å². The van der Waals surface area contributed by atoms with Crippen molar-refractivity contribution >= 4 is 0 Å². The minimum absolute atomic E-state index is 0.799. The normalized spacial score (nSPS) is 17.8. The van der Waals surface area contributed by atoms with Gasteiger partial charge in [0.25, 0.3) is 0 Å². The lowest BCUT2D eigenvalue weighted by molar-refractivity contribution is 0.193. The molecule has 5 heteroatoms. The Kier molecular flexibility index (Phi) is 4.94. The van der Waals surface area contributed by atoms with Gasteiger partial charge in [0.2, 0.25) is 6.39 Å². The van der Waals surface area contributed by atoms with Crippen LogP contribution in [0.15, 0.2) is 10.9 Å². The molecule has 0 saturated carbocycles. The first-order valence-corrected chi connectivity index (χ1v) is 6.56. The van der Waals surface area contributed by atoms with Gasteiger partial charge in [-0.3, -0.25) is 4.90 Å². The zero-order valence-corrected chi connectivity index (χ0v) is 10.6. The molecule has 1 fully saturated rings. The third-order valence-corrected chi connectivity index (χ3v) is 3.29. The lowest BCUT2D eigenvalue weighted by atomic mass is 9.97. The van der Waals surface area contributed by atoms with Crippen LogP contribution in [0.2, 0.25) is 0 Å². The van der Waals surface area contributed by atoms with E-state index in [1.807, 2.05) is 0 Å². The molecule has 96 valence electrons. The Morgan fingerprint density at radius 1 is 1.47 bits per heavy atom. The van der Waals surface area contributed by atoms with Gasteiger partial charge in [0.1, 0.15) is 0 Å². The third kappa shape index (κ3) is 4.09. The summed E-state index contributed by atoms with van der Waals surface area (Å²) in [6.07, 6.45) is 5.14. The molecule has 17 heavy (non-hydrogen) atoms. The summed E-state index contributed by atoms with van der Waals surface area (Å²) < 4.78 is 4.79. The monoisotopic (exact) mass is 238 g/mol. The van der Waals surface area contributed by atoms with Gasteiger partial charge in [0.15, 0.2) is 5.82 Å². The van der Waals surface area contributed by atoms with E-state index in [9.17, 15) is 0 Å². The smallest absolute Gasteiger partial charge is 0.213 e. The Morgan fingerprint density at radius 2 is 2.29 bits per heavy atom. The molecule has 0 radical (unpaired) electrons. The largest absolute Gasteiger partial charge is 0.343 e. The van der Waals surface area contributed by atoms with Crippen molar-refractivity contribution in [2.75, 3.05) is 26.2 Å². The highest BCUT2D eigenvalue weighted by atomic mass is 16.5. The van der Waals surface area contributed by atoms with Crippen molar-refractivity contribution in [3.8, 4) is 0 Å². The average Bonchev–Trinajstić information content (AvgIpc) is 2.83. The molecule has 0 amide bonds. The van der Waals surface area contributed by atoms with E-state index in [2.05, 4.69) is 27.3 Å². The van der Waals surface area contributed by atoms with E-state index in [4.69, 9.17) is 4.52 Å². The Labute approximate surface area is 103 Å². The second kappa shape index (κ2) is 6.71. The number of rotatable bonds is 6. The Bertz CT molecular complexity index is 295. The van der Waals surface area contributed by atoms with E-state index in [0.717, 1.165) is 44.5 Å². The fourth-order valence-electron chi connectivity index (χ4n) is 2.44. The van der Waals surface area contributed by atoms with E-state index >= 15 is 0 Å². The van der Waals surface area contributed by atoms with Gasteiger partial charge in [-0.15, -0.1) is 0 Å². The van der Waals surface area contributed by atoms with Gasteiger partial charge in [-0.25, -0.2) is 0 Å². The lowest BCUT2D eigenvalue weighted by Gasteiger charge is -2.29. The zero-order valence-electron chi connectivity index (χ0n) is 10.6. The highest BCUT2D eigenvalue weighted by molar-refractivity contribution is 4.80. The van der Waals surface area contributed by atoms with Crippen LogP contribution in [0.25, 0.3) is 0 Å². The molecule has 2 heterocycles. The maximum atomic E-state index is 4.79. The number of nitrogens with one attached hydrogen (secondary N) is 1. The molecule has 0 unspecified atom stereocenters. The van der Waals surface area contributed by atoms with Crippen molar-refractivity contribution in [1.82, 2.24) is 20.4 Å². The molecule has 0 spiro atoms. The first-order chi connectivity index (χ1) is 8.38. The van der Waals surface area contributed by atoms with Gasteiger partial charge in [-0.2, -0.15) is 4.98 Å². The Balaban J connectivity index is 1.83. The highest BCUT2D eigenvalue weighted by Crippen LogP contribution is 2.14. The summed E-state index contributed by atoms with van der Waals surface area (Å²) in [7, 11) is 0. The van der Waals surface area contributed by atoms with Crippen molar-refractivity contribution < 1.29 is 4.52 Å². The van der Waals surface area contributed by atoms with Gasteiger partial charge >= 0.3 is 0 Å². The van der Waals surface area contributed by atoms with Gasteiger partial charge in [-0.1, -0.05) is 12.1 Å². The molecule has 0 aliphatic carbocycles. The van der Waals surface area contributed by atoms with Crippen LogP contribution in [-0.2, 0) is 6.54 Å². The average molecular weight is 238 g/mol. The van der Waals surface area contributed by atoms with Crippen molar-refractivity contribution in [2.45, 2.75) is 32.7 Å². The van der Waals surface area contributed by atoms with Crippen LogP contribution < -0.4 is 5.32 Å². The SMILES string of the molecule is CCCN(Cc1ncon1)CC1CCNCC1. The fourth-order valence-corrected chi connectivity index (χ4v) is 2.44. The Hall–Kier alpha value is -0.940. The number of hydrogen-bond acceptors (Lipinski definition) is 5. The van der Waals surface area contributed by atoms with Crippen LogP contribution in [0.1, 0.15) is 32.0 Å². The highest BCUT2D eigenvalue weighted by Gasteiger charge is 2.17. The van der Waals surface area contributed by atoms with E-state index in [1.54, 1.807) is 0 Å². The molecular formula is C12H22N4O. The second-order valence-corrected chi connectivity index (χ2v) is 4.78. The number of piperidine rings is 1. The van der Waals surface area contributed by atoms with E-state index < -0.39 is 0 Å². The molecule has 0 atom stereocenters. The summed E-state index contributed by atoms with van der Waals surface area (Å²) in [5.41, 5.74) is 0.